The van der Waals surface area contributed by atoms with E-state index in [1.165, 1.54) is 0 Å². The summed E-state index contributed by atoms with van der Waals surface area (Å²) in [6.07, 6.45) is 0. The first-order valence-corrected chi connectivity index (χ1v) is 9.57. The molecule has 0 saturated heterocycles. The molecule has 0 bridgehead atoms. The Balaban J connectivity index is 1.51. The van der Waals surface area contributed by atoms with E-state index in [-0.39, 0.29) is 12.5 Å². The Morgan fingerprint density at radius 1 is 0.964 bits per heavy atom. The van der Waals surface area contributed by atoms with Gasteiger partial charge in [0.2, 0.25) is 0 Å². The standard InChI is InChI=1S/C22H18N2O3S/c1-26-18-11-5-6-12-19(18)27-14-21(25)23-16-9-3-2-8-15(16)22-24-17-10-4-7-13-20(17)28-22/h2-13H,14H2,1H3,(H,23,25). The lowest BCUT2D eigenvalue weighted by molar-refractivity contribution is -0.118. The number of aromatic nitrogens is 1. The fourth-order valence-electron chi connectivity index (χ4n) is 2.83. The van der Waals surface area contributed by atoms with Crippen LogP contribution in [-0.2, 0) is 4.79 Å². The molecule has 1 aromatic heterocycles. The predicted octanol–water partition coefficient (Wildman–Crippen LogP) is 4.99. The van der Waals surface area contributed by atoms with Gasteiger partial charge in [0.15, 0.2) is 18.1 Å². The fraction of sp³-hybridized carbons (Fsp3) is 0.0909. The molecule has 0 atom stereocenters. The average Bonchev–Trinajstić information content (AvgIpc) is 3.17. The van der Waals surface area contributed by atoms with E-state index in [0.29, 0.717) is 17.2 Å². The van der Waals surface area contributed by atoms with E-state index in [0.717, 1.165) is 20.8 Å². The summed E-state index contributed by atoms with van der Waals surface area (Å²) in [5.41, 5.74) is 2.53. The summed E-state index contributed by atoms with van der Waals surface area (Å²) in [5, 5.41) is 3.79. The molecule has 3 aromatic carbocycles. The van der Waals surface area contributed by atoms with Crippen LogP contribution < -0.4 is 14.8 Å². The number of anilines is 1. The molecule has 1 heterocycles. The molecule has 4 rings (SSSR count). The lowest BCUT2D eigenvalue weighted by atomic mass is 10.2. The van der Waals surface area contributed by atoms with Crippen LogP contribution in [0.2, 0.25) is 0 Å². The van der Waals surface area contributed by atoms with Gasteiger partial charge in [-0.15, -0.1) is 11.3 Å². The van der Waals surface area contributed by atoms with Crippen LogP contribution in [-0.4, -0.2) is 24.6 Å². The number of benzene rings is 3. The highest BCUT2D eigenvalue weighted by molar-refractivity contribution is 7.21. The fourth-order valence-corrected chi connectivity index (χ4v) is 3.84. The molecule has 4 aromatic rings. The highest BCUT2D eigenvalue weighted by Crippen LogP contribution is 2.34. The molecule has 0 fully saturated rings. The van der Waals surface area contributed by atoms with Crippen LogP contribution in [0.1, 0.15) is 0 Å². The van der Waals surface area contributed by atoms with Crippen LogP contribution in [0.15, 0.2) is 72.8 Å². The van der Waals surface area contributed by atoms with Gasteiger partial charge in [-0.25, -0.2) is 4.98 Å². The highest BCUT2D eigenvalue weighted by atomic mass is 32.1. The van der Waals surface area contributed by atoms with Gasteiger partial charge in [0.05, 0.1) is 23.0 Å². The van der Waals surface area contributed by atoms with E-state index in [9.17, 15) is 4.79 Å². The molecular formula is C22H18N2O3S. The van der Waals surface area contributed by atoms with Gasteiger partial charge in [-0.3, -0.25) is 4.79 Å². The van der Waals surface area contributed by atoms with Crippen LogP contribution >= 0.6 is 11.3 Å². The smallest absolute Gasteiger partial charge is 0.262 e. The van der Waals surface area contributed by atoms with Gasteiger partial charge >= 0.3 is 0 Å². The van der Waals surface area contributed by atoms with Crippen LogP contribution in [0.25, 0.3) is 20.8 Å². The van der Waals surface area contributed by atoms with Crippen molar-refractivity contribution in [3.05, 3.63) is 72.8 Å². The summed E-state index contributed by atoms with van der Waals surface area (Å²) < 4.78 is 12.0. The number of hydrogen-bond donors (Lipinski definition) is 1. The molecule has 1 N–H and O–H groups in total. The average molecular weight is 390 g/mol. The maximum Gasteiger partial charge on any atom is 0.262 e. The zero-order chi connectivity index (χ0) is 19.3. The Morgan fingerprint density at radius 3 is 2.50 bits per heavy atom. The number of hydrogen-bond acceptors (Lipinski definition) is 5. The second kappa shape index (κ2) is 8.10. The molecule has 0 unspecified atom stereocenters. The van der Waals surface area contributed by atoms with Crippen molar-refractivity contribution in [3.63, 3.8) is 0 Å². The predicted molar refractivity (Wildman–Crippen MR) is 112 cm³/mol. The minimum atomic E-state index is -0.250. The third-order valence-corrected chi connectivity index (χ3v) is 5.22. The summed E-state index contributed by atoms with van der Waals surface area (Å²) in [6.45, 7) is -0.117. The summed E-state index contributed by atoms with van der Waals surface area (Å²) in [5.74, 6) is 0.865. The third kappa shape index (κ3) is 3.82. The summed E-state index contributed by atoms with van der Waals surface area (Å²) >= 11 is 1.60. The number of fused-ring (bicyclic) bond motifs is 1. The van der Waals surface area contributed by atoms with Crippen LogP contribution in [0.5, 0.6) is 11.5 Å². The molecule has 0 spiro atoms. The number of thiazole rings is 1. The van der Waals surface area contributed by atoms with Crippen LogP contribution in [0.3, 0.4) is 0 Å². The zero-order valence-corrected chi connectivity index (χ0v) is 16.0. The van der Waals surface area contributed by atoms with Gasteiger partial charge in [-0.05, 0) is 36.4 Å². The number of carbonyl (C=O) groups is 1. The van der Waals surface area contributed by atoms with Crippen molar-refractivity contribution in [2.24, 2.45) is 0 Å². The molecule has 140 valence electrons. The van der Waals surface area contributed by atoms with Gasteiger partial charge in [-0.2, -0.15) is 0 Å². The van der Waals surface area contributed by atoms with Gasteiger partial charge in [0.1, 0.15) is 5.01 Å². The molecular weight excluding hydrogens is 372 g/mol. The van der Waals surface area contributed by atoms with Gasteiger partial charge in [0.25, 0.3) is 5.91 Å². The van der Waals surface area contributed by atoms with E-state index in [1.807, 2.05) is 60.7 Å². The van der Waals surface area contributed by atoms with Gasteiger partial charge < -0.3 is 14.8 Å². The molecule has 0 aliphatic heterocycles. The van der Waals surface area contributed by atoms with Crippen molar-refractivity contribution in [2.45, 2.75) is 0 Å². The maximum atomic E-state index is 12.4. The van der Waals surface area contributed by atoms with Crippen molar-refractivity contribution in [1.29, 1.82) is 0 Å². The monoisotopic (exact) mass is 390 g/mol. The van der Waals surface area contributed by atoms with Crippen LogP contribution in [0.4, 0.5) is 5.69 Å². The van der Waals surface area contributed by atoms with E-state index in [4.69, 9.17) is 9.47 Å². The zero-order valence-electron chi connectivity index (χ0n) is 15.2. The molecule has 0 aliphatic rings. The second-order valence-corrected chi connectivity index (χ2v) is 7.05. The topological polar surface area (TPSA) is 60.5 Å². The Bertz CT molecular complexity index is 1090. The van der Waals surface area contributed by atoms with E-state index >= 15 is 0 Å². The molecule has 28 heavy (non-hydrogen) atoms. The maximum absolute atomic E-state index is 12.4. The number of para-hydroxylation sites is 4. The van der Waals surface area contributed by atoms with E-state index < -0.39 is 0 Å². The number of methoxy groups -OCH3 is 1. The quantitative estimate of drug-likeness (QED) is 0.504. The number of nitrogens with one attached hydrogen (secondary N) is 1. The number of amides is 1. The minimum absolute atomic E-state index is 0.117. The molecule has 6 heteroatoms. The highest BCUT2D eigenvalue weighted by Gasteiger charge is 2.13. The normalized spacial score (nSPS) is 10.6. The molecule has 5 nitrogen and oxygen atoms in total. The van der Waals surface area contributed by atoms with Crippen molar-refractivity contribution in [2.75, 3.05) is 19.0 Å². The second-order valence-electron chi connectivity index (χ2n) is 6.02. The summed E-state index contributed by atoms with van der Waals surface area (Å²) in [6, 6.07) is 22.8. The van der Waals surface area contributed by atoms with Crippen molar-refractivity contribution < 1.29 is 14.3 Å². The first-order chi connectivity index (χ1) is 13.7. The number of nitrogens with zero attached hydrogens (tertiary/aromatic N) is 1. The summed E-state index contributed by atoms with van der Waals surface area (Å²) in [7, 11) is 1.57. The first kappa shape index (κ1) is 18.0. The molecule has 0 aliphatic carbocycles. The third-order valence-electron chi connectivity index (χ3n) is 4.15. The Morgan fingerprint density at radius 2 is 1.68 bits per heavy atom. The Hall–Kier alpha value is -3.38. The Labute approximate surface area is 166 Å². The van der Waals surface area contributed by atoms with E-state index in [1.54, 1.807) is 30.6 Å². The van der Waals surface area contributed by atoms with Gasteiger partial charge in [0, 0.05) is 5.56 Å². The first-order valence-electron chi connectivity index (χ1n) is 8.75. The van der Waals surface area contributed by atoms with Crippen molar-refractivity contribution in [1.82, 2.24) is 4.98 Å². The molecule has 0 saturated carbocycles. The SMILES string of the molecule is COc1ccccc1OCC(=O)Nc1ccccc1-c1nc2ccccc2s1. The lowest BCUT2D eigenvalue weighted by Gasteiger charge is -2.12. The van der Waals surface area contributed by atoms with Crippen LogP contribution in [0, 0.1) is 0 Å². The number of ether oxygens (including phenoxy) is 2. The van der Waals surface area contributed by atoms with Crippen molar-refractivity contribution >= 4 is 33.1 Å². The lowest BCUT2D eigenvalue weighted by Crippen LogP contribution is -2.20. The molecule has 1 amide bonds. The number of rotatable bonds is 6. The largest absolute Gasteiger partial charge is 0.493 e. The number of carbonyl (C=O) groups excluding carboxylic acids is 1. The minimum Gasteiger partial charge on any atom is -0.493 e. The Kier molecular flexibility index (Phi) is 5.21. The van der Waals surface area contributed by atoms with Crippen molar-refractivity contribution in [3.8, 4) is 22.1 Å². The molecule has 0 radical (unpaired) electrons. The summed E-state index contributed by atoms with van der Waals surface area (Å²) in [4.78, 5) is 17.1. The van der Waals surface area contributed by atoms with E-state index in [2.05, 4.69) is 10.3 Å². The van der Waals surface area contributed by atoms with Gasteiger partial charge in [-0.1, -0.05) is 36.4 Å².